The van der Waals surface area contributed by atoms with Gasteiger partial charge in [0.2, 0.25) is 11.7 Å². The molecule has 4 atom stereocenters. The Hall–Kier alpha value is -1.18. The second-order valence-electron chi connectivity index (χ2n) is 5.25. The molecule has 0 saturated carbocycles. The summed E-state index contributed by atoms with van der Waals surface area (Å²) in [6.45, 7) is 3.22. The predicted octanol–water partition coefficient (Wildman–Crippen LogP) is -0.252. The van der Waals surface area contributed by atoms with E-state index in [4.69, 9.17) is 9.47 Å². The van der Waals surface area contributed by atoms with Gasteiger partial charge in [-0.3, -0.25) is 0 Å². The van der Waals surface area contributed by atoms with Crippen LogP contribution < -0.4 is 0 Å². The third-order valence-corrected chi connectivity index (χ3v) is 3.96. The molecule has 1 N–H and O–H groups in total. The van der Waals surface area contributed by atoms with Crippen molar-refractivity contribution < 1.29 is 33.6 Å². The average molecular weight is 274 g/mol. The van der Waals surface area contributed by atoms with Crippen molar-refractivity contribution in [3.8, 4) is 0 Å². The Kier molecular flexibility index (Phi) is 3.11. The highest BCUT2D eigenvalue weighted by atomic mass is 16.8. The van der Waals surface area contributed by atoms with E-state index >= 15 is 0 Å². The third-order valence-electron chi connectivity index (χ3n) is 3.96. The zero-order valence-corrected chi connectivity index (χ0v) is 11.4. The Morgan fingerprint density at radius 1 is 1.21 bits per heavy atom. The molecule has 0 aromatic carbocycles. The van der Waals surface area contributed by atoms with Crippen molar-refractivity contribution in [2.75, 3.05) is 14.2 Å². The largest absolute Gasteiger partial charge is 0.467 e. The van der Waals surface area contributed by atoms with Crippen molar-refractivity contribution in [3.63, 3.8) is 0 Å². The summed E-state index contributed by atoms with van der Waals surface area (Å²) >= 11 is 0. The summed E-state index contributed by atoms with van der Waals surface area (Å²) in [6, 6.07) is 0. The van der Waals surface area contributed by atoms with Crippen LogP contribution in [0.5, 0.6) is 0 Å². The Balaban J connectivity index is 2.51. The van der Waals surface area contributed by atoms with E-state index in [1.165, 1.54) is 0 Å². The molecule has 108 valence electrons. The molecule has 0 amide bonds. The van der Waals surface area contributed by atoms with Crippen molar-refractivity contribution in [1.82, 2.24) is 0 Å². The van der Waals surface area contributed by atoms with Crippen LogP contribution >= 0.6 is 0 Å². The SMILES string of the molecule is COC(=O)[C@H]1O[C@]2(C)CC[C@@](C)(O2)[C@]1(O)C(=O)OC. The van der Waals surface area contributed by atoms with Crippen LogP contribution in [0.15, 0.2) is 0 Å². The van der Waals surface area contributed by atoms with Crippen molar-refractivity contribution in [2.24, 2.45) is 0 Å². The molecular weight excluding hydrogens is 256 g/mol. The van der Waals surface area contributed by atoms with Gasteiger partial charge in [0.15, 0.2) is 5.79 Å². The first-order valence-electron chi connectivity index (χ1n) is 5.99. The molecule has 0 unspecified atom stereocenters. The molecule has 2 bridgehead atoms. The van der Waals surface area contributed by atoms with Gasteiger partial charge >= 0.3 is 11.9 Å². The minimum Gasteiger partial charge on any atom is -0.467 e. The van der Waals surface area contributed by atoms with Crippen LogP contribution in [0.25, 0.3) is 0 Å². The minimum atomic E-state index is -2.23. The van der Waals surface area contributed by atoms with Crippen LogP contribution in [0, 0.1) is 0 Å². The fourth-order valence-electron chi connectivity index (χ4n) is 2.81. The summed E-state index contributed by atoms with van der Waals surface area (Å²) in [4.78, 5) is 23.8. The monoisotopic (exact) mass is 274 g/mol. The summed E-state index contributed by atoms with van der Waals surface area (Å²) in [5, 5.41) is 10.7. The maximum atomic E-state index is 12.0. The van der Waals surface area contributed by atoms with Gasteiger partial charge in [0.1, 0.15) is 5.60 Å². The van der Waals surface area contributed by atoms with Gasteiger partial charge in [0.05, 0.1) is 14.2 Å². The number of carbonyl (C=O) groups is 2. The van der Waals surface area contributed by atoms with Crippen LogP contribution in [-0.2, 0) is 28.5 Å². The number of hydrogen-bond donors (Lipinski definition) is 1. The average Bonchev–Trinajstić information content (AvgIpc) is 2.66. The third kappa shape index (κ3) is 1.76. The van der Waals surface area contributed by atoms with Gasteiger partial charge in [0, 0.05) is 6.42 Å². The van der Waals surface area contributed by atoms with Gasteiger partial charge in [-0.25, -0.2) is 9.59 Å². The molecule has 7 heteroatoms. The number of rotatable bonds is 2. The molecule has 0 aliphatic carbocycles. The molecule has 2 heterocycles. The second-order valence-corrected chi connectivity index (χ2v) is 5.25. The lowest BCUT2D eigenvalue weighted by Crippen LogP contribution is -2.72. The zero-order chi connectivity index (χ0) is 14.5. The Morgan fingerprint density at radius 2 is 1.84 bits per heavy atom. The highest BCUT2D eigenvalue weighted by Crippen LogP contribution is 2.52. The summed E-state index contributed by atoms with van der Waals surface area (Å²) < 4.78 is 20.3. The van der Waals surface area contributed by atoms with E-state index in [0.29, 0.717) is 12.8 Å². The van der Waals surface area contributed by atoms with Crippen LogP contribution in [0.2, 0.25) is 0 Å². The van der Waals surface area contributed by atoms with E-state index < -0.39 is 35.0 Å². The van der Waals surface area contributed by atoms with Gasteiger partial charge in [0.25, 0.3) is 0 Å². The molecule has 2 aliphatic rings. The molecule has 2 aliphatic heterocycles. The minimum absolute atomic E-state index is 0.364. The van der Waals surface area contributed by atoms with Gasteiger partial charge in [-0.05, 0) is 20.3 Å². The number of esters is 2. The van der Waals surface area contributed by atoms with Crippen molar-refractivity contribution in [2.45, 2.75) is 49.8 Å². The standard InChI is InChI=1S/C12H18O7/c1-10-5-6-11(2,19-10)18-7(8(13)16-3)12(10,15)9(14)17-4/h7,15H,5-6H2,1-4H3/t7-,10-,11+,12-/m1/s1. The van der Waals surface area contributed by atoms with Gasteiger partial charge in [-0.2, -0.15) is 0 Å². The molecule has 2 rings (SSSR count). The van der Waals surface area contributed by atoms with E-state index in [2.05, 4.69) is 9.47 Å². The van der Waals surface area contributed by atoms with Crippen molar-refractivity contribution >= 4 is 11.9 Å². The lowest BCUT2D eigenvalue weighted by molar-refractivity contribution is -0.357. The van der Waals surface area contributed by atoms with Crippen LogP contribution in [0.1, 0.15) is 26.7 Å². The fourth-order valence-corrected chi connectivity index (χ4v) is 2.81. The fraction of sp³-hybridized carbons (Fsp3) is 0.833. The highest BCUT2D eigenvalue weighted by Gasteiger charge is 2.72. The predicted molar refractivity (Wildman–Crippen MR) is 61.0 cm³/mol. The molecule has 2 fully saturated rings. The molecule has 0 aromatic heterocycles. The summed E-state index contributed by atoms with van der Waals surface area (Å²) in [5.41, 5.74) is -3.49. The van der Waals surface area contributed by atoms with Crippen LogP contribution in [-0.4, -0.2) is 54.4 Å². The molecule has 0 spiro atoms. The molecule has 0 radical (unpaired) electrons. The van der Waals surface area contributed by atoms with E-state index in [-0.39, 0.29) is 0 Å². The number of carbonyl (C=O) groups excluding carboxylic acids is 2. The second kappa shape index (κ2) is 4.16. The maximum absolute atomic E-state index is 12.0. The normalized spacial score (nSPS) is 44.8. The Bertz CT molecular complexity index is 422. The number of aliphatic hydroxyl groups is 1. The maximum Gasteiger partial charge on any atom is 0.344 e. The Morgan fingerprint density at radius 3 is 2.37 bits per heavy atom. The molecule has 0 aromatic rings. The van der Waals surface area contributed by atoms with Crippen molar-refractivity contribution in [1.29, 1.82) is 0 Å². The van der Waals surface area contributed by atoms with Crippen LogP contribution in [0.4, 0.5) is 0 Å². The summed E-state index contributed by atoms with van der Waals surface area (Å²) in [7, 11) is 2.28. The first-order valence-corrected chi connectivity index (χ1v) is 5.99. The van der Waals surface area contributed by atoms with Gasteiger partial charge in [-0.15, -0.1) is 0 Å². The number of methoxy groups -OCH3 is 2. The lowest BCUT2D eigenvalue weighted by atomic mass is 9.78. The van der Waals surface area contributed by atoms with E-state index in [0.717, 1.165) is 14.2 Å². The van der Waals surface area contributed by atoms with Crippen LogP contribution in [0.3, 0.4) is 0 Å². The zero-order valence-electron chi connectivity index (χ0n) is 11.4. The number of fused-ring (bicyclic) bond motifs is 2. The number of ether oxygens (including phenoxy) is 4. The van der Waals surface area contributed by atoms with E-state index in [1.54, 1.807) is 13.8 Å². The molecular formula is C12H18O7. The molecule has 19 heavy (non-hydrogen) atoms. The molecule has 2 saturated heterocycles. The first-order chi connectivity index (χ1) is 8.72. The van der Waals surface area contributed by atoms with Gasteiger partial charge < -0.3 is 24.1 Å². The summed E-state index contributed by atoms with van der Waals surface area (Å²) in [5.74, 6) is -2.83. The topological polar surface area (TPSA) is 91.3 Å². The highest BCUT2D eigenvalue weighted by molar-refractivity contribution is 5.91. The van der Waals surface area contributed by atoms with Gasteiger partial charge in [-0.1, -0.05) is 0 Å². The quantitative estimate of drug-likeness (QED) is 0.694. The van der Waals surface area contributed by atoms with E-state index in [9.17, 15) is 14.7 Å². The Labute approximate surface area is 110 Å². The van der Waals surface area contributed by atoms with Crippen molar-refractivity contribution in [3.05, 3.63) is 0 Å². The summed E-state index contributed by atoms with van der Waals surface area (Å²) in [6.07, 6.45) is -0.657. The lowest BCUT2D eigenvalue weighted by Gasteiger charge is -2.49. The number of hydrogen-bond acceptors (Lipinski definition) is 7. The van der Waals surface area contributed by atoms with E-state index in [1.807, 2.05) is 0 Å². The smallest absolute Gasteiger partial charge is 0.344 e. The molecule has 7 nitrogen and oxygen atoms in total. The first kappa shape index (κ1) is 14.2.